The van der Waals surface area contributed by atoms with Crippen LogP contribution in [0.25, 0.3) is 0 Å². The smallest absolute Gasteiger partial charge is 0.232 e. The second-order valence-electron chi connectivity index (χ2n) is 7.04. The first-order chi connectivity index (χ1) is 12.7. The quantitative estimate of drug-likeness (QED) is 0.888. The number of fused-ring (bicyclic) bond motifs is 2. The van der Waals surface area contributed by atoms with Gasteiger partial charge in [-0.25, -0.2) is 0 Å². The number of carbonyl (C=O) groups excluding carboxylic acids is 2. The van der Waals surface area contributed by atoms with Gasteiger partial charge in [-0.2, -0.15) is 0 Å². The van der Waals surface area contributed by atoms with E-state index in [-0.39, 0.29) is 18.2 Å². The lowest BCUT2D eigenvalue weighted by molar-refractivity contribution is -0.123. The maximum atomic E-state index is 13.0. The number of benzene rings is 2. The van der Waals surface area contributed by atoms with Crippen LogP contribution < -0.4 is 10.6 Å². The van der Waals surface area contributed by atoms with Crippen molar-refractivity contribution in [3.63, 3.8) is 0 Å². The molecule has 0 bridgehead atoms. The van der Waals surface area contributed by atoms with Gasteiger partial charge in [-0.15, -0.1) is 0 Å². The van der Waals surface area contributed by atoms with Crippen molar-refractivity contribution in [2.75, 3.05) is 17.2 Å². The van der Waals surface area contributed by atoms with Crippen molar-refractivity contribution < 1.29 is 9.59 Å². The summed E-state index contributed by atoms with van der Waals surface area (Å²) in [5.74, 6) is -0.685. The summed E-state index contributed by atoms with van der Waals surface area (Å²) >= 11 is 0. The van der Waals surface area contributed by atoms with E-state index in [9.17, 15) is 9.59 Å². The molecule has 0 spiro atoms. The van der Waals surface area contributed by atoms with E-state index < -0.39 is 5.92 Å². The van der Waals surface area contributed by atoms with E-state index in [0.29, 0.717) is 0 Å². The normalized spacial score (nSPS) is 18.8. The van der Waals surface area contributed by atoms with Crippen LogP contribution in [0.3, 0.4) is 0 Å². The SMILES string of the molecule is CCCN1Cc2cccc(NC(=O)C3CC(=O)Nc4ccccc43)c2C1. The minimum atomic E-state index is -0.455. The van der Waals surface area contributed by atoms with Gasteiger partial charge in [-0.1, -0.05) is 37.3 Å². The molecule has 4 rings (SSSR count). The van der Waals surface area contributed by atoms with Crippen molar-refractivity contribution in [2.24, 2.45) is 0 Å². The van der Waals surface area contributed by atoms with Crippen molar-refractivity contribution in [1.82, 2.24) is 4.90 Å². The lowest BCUT2D eigenvalue weighted by atomic mass is 9.89. The van der Waals surface area contributed by atoms with Crippen molar-refractivity contribution in [3.05, 3.63) is 59.2 Å². The van der Waals surface area contributed by atoms with E-state index in [1.807, 2.05) is 36.4 Å². The zero-order chi connectivity index (χ0) is 18.1. The number of amides is 2. The van der Waals surface area contributed by atoms with Gasteiger partial charge in [0, 0.05) is 30.9 Å². The Labute approximate surface area is 153 Å². The summed E-state index contributed by atoms with van der Waals surface area (Å²) < 4.78 is 0. The Balaban J connectivity index is 1.57. The summed E-state index contributed by atoms with van der Waals surface area (Å²) in [5, 5.41) is 5.93. The molecular weight excluding hydrogens is 326 g/mol. The number of nitrogens with one attached hydrogen (secondary N) is 2. The molecule has 2 amide bonds. The third-order valence-corrected chi connectivity index (χ3v) is 5.16. The Bertz CT molecular complexity index is 862. The molecular formula is C21H23N3O2. The highest BCUT2D eigenvalue weighted by Crippen LogP contribution is 2.34. The highest BCUT2D eigenvalue weighted by Gasteiger charge is 2.31. The van der Waals surface area contributed by atoms with Crippen molar-refractivity contribution in [3.8, 4) is 0 Å². The van der Waals surface area contributed by atoms with Crippen LogP contribution in [0.5, 0.6) is 0 Å². The molecule has 2 aliphatic rings. The summed E-state index contributed by atoms with van der Waals surface area (Å²) in [4.78, 5) is 27.4. The highest BCUT2D eigenvalue weighted by atomic mass is 16.2. The van der Waals surface area contributed by atoms with Crippen LogP contribution >= 0.6 is 0 Å². The maximum Gasteiger partial charge on any atom is 0.232 e. The van der Waals surface area contributed by atoms with E-state index in [2.05, 4.69) is 28.5 Å². The third kappa shape index (κ3) is 3.10. The largest absolute Gasteiger partial charge is 0.326 e. The van der Waals surface area contributed by atoms with Gasteiger partial charge >= 0.3 is 0 Å². The fraction of sp³-hybridized carbons (Fsp3) is 0.333. The van der Waals surface area contributed by atoms with Gasteiger partial charge in [-0.05, 0) is 41.8 Å². The highest BCUT2D eigenvalue weighted by molar-refractivity contribution is 6.05. The van der Waals surface area contributed by atoms with Gasteiger partial charge in [0.1, 0.15) is 0 Å². The zero-order valence-corrected chi connectivity index (χ0v) is 14.9. The Hall–Kier alpha value is -2.66. The molecule has 0 radical (unpaired) electrons. The molecule has 5 heteroatoms. The molecule has 0 fully saturated rings. The molecule has 0 saturated heterocycles. The van der Waals surface area contributed by atoms with Gasteiger partial charge in [0.15, 0.2) is 0 Å². The average molecular weight is 349 g/mol. The first-order valence-corrected chi connectivity index (χ1v) is 9.18. The van der Waals surface area contributed by atoms with Crippen molar-refractivity contribution >= 4 is 23.2 Å². The summed E-state index contributed by atoms with van der Waals surface area (Å²) in [7, 11) is 0. The predicted octanol–water partition coefficient (Wildman–Crippen LogP) is 3.48. The Morgan fingerprint density at radius 1 is 1.19 bits per heavy atom. The number of rotatable bonds is 4. The van der Waals surface area contributed by atoms with Gasteiger partial charge in [0.05, 0.1) is 5.92 Å². The maximum absolute atomic E-state index is 13.0. The second kappa shape index (κ2) is 6.92. The van der Waals surface area contributed by atoms with E-state index >= 15 is 0 Å². The molecule has 1 atom stereocenters. The molecule has 2 aliphatic heterocycles. The summed E-state index contributed by atoms with van der Waals surface area (Å²) in [5.41, 5.74) is 4.96. The van der Waals surface area contributed by atoms with Crippen molar-refractivity contribution in [1.29, 1.82) is 0 Å². The monoisotopic (exact) mass is 349 g/mol. The number of nitrogens with zero attached hydrogens (tertiary/aromatic N) is 1. The molecule has 2 heterocycles. The van der Waals surface area contributed by atoms with Crippen LogP contribution in [-0.2, 0) is 22.7 Å². The molecule has 0 aliphatic carbocycles. The number of hydrogen-bond acceptors (Lipinski definition) is 3. The minimum absolute atomic E-state index is 0.115. The summed E-state index contributed by atoms with van der Waals surface area (Å²) in [6, 6.07) is 13.6. The van der Waals surface area contributed by atoms with Crippen LogP contribution in [0, 0.1) is 0 Å². The zero-order valence-electron chi connectivity index (χ0n) is 14.9. The number of hydrogen-bond donors (Lipinski definition) is 2. The van der Waals surface area contributed by atoms with E-state index in [1.54, 1.807) is 0 Å². The Morgan fingerprint density at radius 3 is 2.88 bits per heavy atom. The molecule has 0 aromatic heterocycles. The fourth-order valence-corrected chi connectivity index (χ4v) is 3.95. The molecule has 2 aromatic carbocycles. The van der Waals surface area contributed by atoms with Crippen LogP contribution in [0.2, 0.25) is 0 Å². The topological polar surface area (TPSA) is 61.4 Å². The number of para-hydroxylation sites is 1. The molecule has 2 aromatic rings. The van der Waals surface area contributed by atoms with Gasteiger partial charge < -0.3 is 10.6 Å². The number of carbonyl (C=O) groups is 2. The van der Waals surface area contributed by atoms with Crippen LogP contribution in [-0.4, -0.2) is 23.3 Å². The molecule has 2 N–H and O–H groups in total. The predicted molar refractivity (Wildman–Crippen MR) is 102 cm³/mol. The molecule has 1 unspecified atom stereocenters. The minimum Gasteiger partial charge on any atom is -0.326 e. The third-order valence-electron chi connectivity index (χ3n) is 5.16. The lowest BCUT2D eigenvalue weighted by Gasteiger charge is -2.25. The molecule has 0 saturated carbocycles. The standard InChI is InChI=1S/C21H23N3O2/c1-2-10-24-12-14-6-5-9-19(17(14)13-24)23-21(26)16-11-20(25)22-18-8-4-3-7-15(16)18/h3-9,16H,2,10-13H2,1H3,(H,22,25)(H,23,26). The first-order valence-electron chi connectivity index (χ1n) is 9.18. The Kier molecular flexibility index (Phi) is 4.47. The van der Waals surface area contributed by atoms with Gasteiger partial charge in [-0.3, -0.25) is 14.5 Å². The first kappa shape index (κ1) is 16.8. The molecule has 134 valence electrons. The summed E-state index contributed by atoms with van der Waals surface area (Å²) in [6.07, 6.45) is 1.30. The van der Waals surface area contributed by atoms with E-state index in [1.165, 1.54) is 11.1 Å². The lowest BCUT2D eigenvalue weighted by Crippen LogP contribution is -2.31. The molecule has 5 nitrogen and oxygen atoms in total. The second-order valence-corrected chi connectivity index (χ2v) is 7.04. The van der Waals surface area contributed by atoms with E-state index in [0.717, 1.165) is 43.0 Å². The van der Waals surface area contributed by atoms with Crippen LogP contribution in [0.4, 0.5) is 11.4 Å². The fourth-order valence-electron chi connectivity index (χ4n) is 3.95. The molecule has 26 heavy (non-hydrogen) atoms. The average Bonchev–Trinajstić information content (AvgIpc) is 3.05. The van der Waals surface area contributed by atoms with Crippen molar-refractivity contribution in [2.45, 2.75) is 38.8 Å². The Morgan fingerprint density at radius 2 is 2.04 bits per heavy atom. The van der Waals surface area contributed by atoms with Gasteiger partial charge in [0.2, 0.25) is 11.8 Å². The van der Waals surface area contributed by atoms with E-state index in [4.69, 9.17) is 0 Å². The van der Waals surface area contributed by atoms with Crippen LogP contribution in [0.15, 0.2) is 42.5 Å². The van der Waals surface area contributed by atoms with Crippen LogP contribution in [0.1, 0.15) is 42.4 Å². The van der Waals surface area contributed by atoms with Gasteiger partial charge in [0.25, 0.3) is 0 Å². The number of anilines is 2. The summed E-state index contributed by atoms with van der Waals surface area (Å²) in [6.45, 7) is 5.03.